The molecule has 2 atom stereocenters. The number of nitrogens with zero attached hydrogens (tertiary/aromatic N) is 1. The normalized spacial score (nSPS) is 17.8. The van der Waals surface area contributed by atoms with E-state index in [1.807, 2.05) is 12.1 Å². The van der Waals surface area contributed by atoms with E-state index in [-0.39, 0.29) is 11.6 Å². The number of hydrogen-bond donors (Lipinski definition) is 2. The first-order valence-electron chi connectivity index (χ1n) is 8.09. The molecule has 1 aromatic carbocycles. The molecule has 0 fully saturated rings. The van der Waals surface area contributed by atoms with Gasteiger partial charge in [-0.3, -0.25) is 4.79 Å². The van der Waals surface area contributed by atoms with E-state index in [2.05, 4.69) is 22.6 Å². The summed E-state index contributed by atoms with van der Waals surface area (Å²) in [7, 11) is 0. The predicted molar refractivity (Wildman–Crippen MR) is 86.9 cm³/mol. The monoisotopic (exact) mass is 328 g/mol. The van der Waals surface area contributed by atoms with E-state index in [0.29, 0.717) is 12.2 Å². The first kappa shape index (κ1) is 16.2. The van der Waals surface area contributed by atoms with Gasteiger partial charge in [-0.15, -0.1) is 0 Å². The molecule has 1 heterocycles. The number of nitrogens with one attached hydrogen (secondary N) is 1. The summed E-state index contributed by atoms with van der Waals surface area (Å²) in [4.78, 5) is 23.8. The number of carbonyl (C=O) groups excluding carboxylic acids is 1. The molecule has 2 unspecified atom stereocenters. The molecule has 0 saturated carbocycles. The van der Waals surface area contributed by atoms with Crippen molar-refractivity contribution in [1.82, 2.24) is 10.5 Å². The maximum atomic E-state index is 12.2. The molecule has 6 nitrogen and oxygen atoms in total. The highest BCUT2D eigenvalue weighted by Gasteiger charge is 2.29. The van der Waals surface area contributed by atoms with Gasteiger partial charge in [0.25, 0.3) is 5.91 Å². The third-order valence-electron chi connectivity index (χ3n) is 4.48. The SMILES string of the molecule is Cc1cc(C(=O)NC(CC2CCCc3ccccc32)C(=O)O)no1. The molecule has 2 N–H and O–H groups in total. The summed E-state index contributed by atoms with van der Waals surface area (Å²) in [6.45, 7) is 1.68. The first-order valence-corrected chi connectivity index (χ1v) is 8.09. The van der Waals surface area contributed by atoms with Gasteiger partial charge in [-0.25, -0.2) is 4.79 Å². The molecular formula is C18H20N2O4. The molecule has 2 aromatic rings. The number of rotatable bonds is 5. The van der Waals surface area contributed by atoms with Crippen LogP contribution < -0.4 is 5.32 Å². The Balaban J connectivity index is 1.73. The molecule has 0 spiro atoms. The highest BCUT2D eigenvalue weighted by molar-refractivity contribution is 5.94. The number of carboxylic acids is 1. The summed E-state index contributed by atoms with van der Waals surface area (Å²) < 4.78 is 4.87. The lowest BCUT2D eigenvalue weighted by molar-refractivity contribution is -0.139. The Morgan fingerprint density at radius 3 is 2.92 bits per heavy atom. The zero-order valence-corrected chi connectivity index (χ0v) is 13.5. The van der Waals surface area contributed by atoms with E-state index in [9.17, 15) is 14.7 Å². The molecule has 126 valence electrons. The van der Waals surface area contributed by atoms with Gasteiger partial charge in [0.1, 0.15) is 11.8 Å². The smallest absolute Gasteiger partial charge is 0.326 e. The van der Waals surface area contributed by atoms with Gasteiger partial charge >= 0.3 is 5.97 Å². The van der Waals surface area contributed by atoms with Crippen LogP contribution in [0, 0.1) is 6.92 Å². The maximum Gasteiger partial charge on any atom is 0.326 e. The summed E-state index contributed by atoms with van der Waals surface area (Å²) in [5.41, 5.74) is 2.57. The molecule has 0 bridgehead atoms. The predicted octanol–water partition coefficient (Wildman–Crippen LogP) is 2.68. The minimum absolute atomic E-state index is 0.0998. The second-order valence-electron chi connectivity index (χ2n) is 6.21. The van der Waals surface area contributed by atoms with Crippen LogP contribution in [0.25, 0.3) is 0 Å². The van der Waals surface area contributed by atoms with Gasteiger partial charge in [0, 0.05) is 6.07 Å². The van der Waals surface area contributed by atoms with Gasteiger partial charge in [0.05, 0.1) is 0 Å². The lowest BCUT2D eigenvalue weighted by atomic mass is 9.79. The number of hydrogen-bond acceptors (Lipinski definition) is 4. The molecule has 24 heavy (non-hydrogen) atoms. The van der Waals surface area contributed by atoms with Crippen molar-refractivity contribution in [3.8, 4) is 0 Å². The minimum atomic E-state index is -1.04. The van der Waals surface area contributed by atoms with E-state index in [4.69, 9.17) is 4.52 Å². The molecule has 0 aliphatic heterocycles. The Hall–Kier alpha value is -2.63. The largest absolute Gasteiger partial charge is 0.480 e. The third-order valence-corrected chi connectivity index (χ3v) is 4.48. The van der Waals surface area contributed by atoms with Gasteiger partial charge in [-0.05, 0) is 49.7 Å². The van der Waals surface area contributed by atoms with Crippen LogP contribution in [0.3, 0.4) is 0 Å². The topological polar surface area (TPSA) is 92.4 Å². The second kappa shape index (κ2) is 6.86. The highest BCUT2D eigenvalue weighted by atomic mass is 16.5. The molecule has 1 amide bonds. The molecule has 1 aliphatic rings. The van der Waals surface area contributed by atoms with Crippen LogP contribution in [0.1, 0.15) is 52.6 Å². The van der Waals surface area contributed by atoms with E-state index in [0.717, 1.165) is 19.3 Å². The van der Waals surface area contributed by atoms with E-state index in [1.54, 1.807) is 6.92 Å². The molecule has 0 saturated heterocycles. The Bertz CT molecular complexity index is 753. The van der Waals surface area contributed by atoms with Crippen LogP contribution in [-0.2, 0) is 11.2 Å². The molecule has 1 aromatic heterocycles. The number of carboxylic acid groups (broad SMARTS) is 1. The van der Waals surface area contributed by atoms with E-state index < -0.39 is 17.9 Å². The lowest BCUT2D eigenvalue weighted by Gasteiger charge is -2.27. The van der Waals surface area contributed by atoms with Crippen LogP contribution >= 0.6 is 0 Å². The van der Waals surface area contributed by atoms with Crippen molar-refractivity contribution in [1.29, 1.82) is 0 Å². The number of carbonyl (C=O) groups is 2. The Morgan fingerprint density at radius 2 is 2.21 bits per heavy atom. The summed E-state index contributed by atoms with van der Waals surface area (Å²) in [5.74, 6) is -0.918. The van der Waals surface area contributed by atoms with Crippen LogP contribution in [0.2, 0.25) is 0 Å². The van der Waals surface area contributed by atoms with Gasteiger partial charge in [-0.2, -0.15) is 0 Å². The van der Waals surface area contributed by atoms with Crippen molar-refractivity contribution < 1.29 is 19.2 Å². The summed E-state index contributed by atoms with van der Waals surface area (Å²) in [6, 6.07) is 8.67. The number of aromatic nitrogens is 1. The molecule has 0 radical (unpaired) electrons. The lowest BCUT2D eigenvalue weighted by Crippen LogP contribution is -2.42. The fourth-order valence-electron chi connectivity index (χ4n) is 3.31. The molecule has 3 rings (SSSR count). The van der Waals surface area contributed by atoms with Crippen molar-refractivity contribution in [3.63, 3.8) is 0 Å². The zero-order valence-electron chi connectivity index (χ0n) is 13.5. The maximum absolute atomic E-state index is 12.2. The zero-order chi connectivity index (χ0) is 17.1. The van der Waals surface area contributed by atoms with Crippen LogP contribution in [-0.4, -0.2) is 28.2 Å². The summed E-state index contributed by atoms with van der Waals surface area (Å²) in [5, 5.41) is 15.7. The fourth-order valence-corrected chi connectivity index (χ4v) is 3.31. The average molecular weight is 328 g/mol. The third kappa shape index (κ3) is 3.48. The number of benzene rings is 1. The number of aryl methyl sites for hydroxylation is 2. The van der Waals surface area contributed by atoms with Crippen LogP contribution in [0.4, 0.5) is 0 Å². The minimum Gasteiger partial charge on any atom is -0.480 e. The van der Waals surface area contributed by atoms with Crippen LogP contribution in [0.5, 0.6) is 0 Å². The highest BCUT2D eigenvalue weighted by Crippen LogP contribution is 2.34. The molecule has 1 aliphatic carbocycles. The van der Waals surface area contributed by atoms with E-state index in [1.165, 1.54) is 17.2 Å². The summed E-state index contributed by atoms with van der Waals surface area (Å²) >= 11 is 0. The fraction of sp³-hybridized carbons (Fsp3) is 0.389. The van der Waals surface area contributed by atoms with Gasteiger partial charge in [0.15, 0.2) is 5.69 Å². The average Bonchev–Trinajstić information content (AvgIpc) is 3.01. The van der Waals surface area contributed by atoms with Crippen molar-refractivity contribution in [2.75, 3.05) is 0 Å². The first-order chi connectivity index (χ1) is 11.5. The Kier molecular flexibility index (Phi) is 4.64. The Labute approximate surface area is 139 Å². The van der Waals surface area contributed by atoms with E-state index >= 15 is 0 Å². The molecular weight excluding hydrogens is 308 g/mol. The number of aliphatic carboxylic acids is 1. The van der Waals surface area contributed by atoms with Gasteiger partial charge < -0.3 is 14.9 Å². The molecule has 6 heteroatoms. The summed E-state index contributed by atoms with van der Waals surface area (Å²) in [6.07, 6.45) is 3.36. The van der Waals surface area contributed by atoms with Crippen LogP contribution in [0.15, 0.2) is 34.9 Å². The number of amides is 1. The number of fused-ring (bicyclic) bond motifs is 1. The second-order valence-corrected chi connectivity index (χ2v) is 6.21. The van der Waals surface area contributed by atoms with Crippen molar-refractivity contribution in [2.24, 2.45) is 0 Å². The van der Waals surface area contributed by atoms with Gasteiger partial charge in [-0.1, -0.05) is 29.4 Å². The van der Waals surface area contributed by atoms with Crippen molar-refractivity contribution in [2.45, 2.75) is 44.6 Å². The van der Waals surface area contributed by atoms with Gasteiger partial charge in [0.2, 0.25) is 0 Å². The standard InChI is InChI=1S/C18H20N2O4/c1-11-9-15(20-24-11)17(21)19-16(18(22)23)10-13-7-4-6-12-5-2-3-8-14(12)13/h2-3,5,8-9,13,16H,4,6-7,10H2,1H3,(H,19,21)(H,22,23). The van der Waals surface area contributed by atoms with Crippen molar-refractivity contribution >= 4 is 11.9 Å². The van der Waals surface area contributed by atoms with Crippen molar-refractivity contribution in [3.05, 3.63) is 52.9 Å². The Morgan fingerprint density at radius 1 is 1.42 bits per heavy atom. The quantitative estimate of drug-likeness (QED) is 0.880.